The van der Waals surface area contributed by atoms with Gasteiger partial charge in [-0.2, -0.15) is 0 Å². The van der Waals surface area contributed by atoms with Crippen LogP contribution in [0.2, 0.25) is 0 Å². The standard InChI is InChI=1S/C8H15NO2.C7H13NO2.ClH/c1-3-6-4-5-9-7(6)8(10)11-2;1-2-5-3-4-8-6(5)7(9)10;/h6-7,9H,3-5H2,1-2H3;5-6,8H,2-4H2,1H3,(H,9,10);1H/t6?,7-;5?,6-;/m00./s1. The van der Waals surface area contributed by atoms with Crippen LogP contribution in [0.5, 0.6) is 0 Å². The molecule has 0 saturated carbocycles. The first kappa shape index (κ1) is 21.1. The number of esters is 1. The number of hydrogen-bond acceptors (Lipinski definition) is 5. The maximum atomic E-state index is 11.1. The van der Waals surface area contributed by atoms with Gasteiger partial charge in [-0.3, -0.25) is 9.59 Å². The Morgan fingerprint density at radius 1 is 1.05 bits per heavy atom. The van der Waals surface area contributed by atoms with E-state index in [1.54, 1.807) is 0 Å². The maximum Gasteiger partial charge on any atom is 0.323 e. The SMILES string of the molecule is CCC1CCN[C@@H]1C(=O)O.CCC1CCN[C@@H]1C(=O)OC.Cl. The minimum atomic E-state index is -0.704. The number of halogens is 1. The Kier molecular flexibility index (Phi) is 10.4. The van der Waals surface area contributed by atoms with Crippen molar-refractivity contribution in [3.63, 3.8) is 0 Å². The zero-order valence-electron chi connectivity index (χ0n) is 13.6. The molecule has 0 aromatic rings. The third-order valence-electron chi connectivity index (χ3n) is 4.47. The number of methoxy groups -OCH3 is 1. The largest absolute Gasteiger partial charge is 0.480 e. The van der Waals surface area contributed by atoms with Crippen LogP contribution >= 0.6 is 12.4 Å². The highest BCUT2D eigenvalue weighted by atomic mass is 35.5. The van der Waals surface area contributed by atoms with E-state index in [0.717, 1.165) is 38.8 Å². The molecule has 0 spiro atoms. The van der Waals surface area contributed by atoms with Gasteiger partial charge in [-0.1, -0.05) is 26.7 Å². The second-order valence-electron chi connectivity index (χ2n) is 5.64. The van der Waals surface area contributed by atoms with E-state index in [-0.39, 0.29) is 30.5 Å². The lowest BCUT2D eigenvalue weighted by atomic mass is 9.98. The Balaban J connectivity index is 0.000000385. The molecule has 0 radical (unpaired) electrons. The number of nitrogens with one attached hydrogen (secondary N) is 2. The molecule has 22 heavy (non-hydrogen) atoms. The molecule has 2 unspecified atom stereocenters. The fourth-order valence-electron chi connectivity index (χ4n) is 3.09. The van der Waals surface area contributed by atoms with Crippen LogP contribution in [0.4, 0.5) is 0 Å². The lowest BCUT2D eigenvalue weighted by molar-refractivity contribution is -0.144. The zero-order valence-corrected chi connectivity index (χ0v) is 14.4. The van der Waals surface area contributed by atoms with Gasteiger partial charge in [-0.25, -0.2) is 0 Å². The van der Waals surface area contributed by atoms with Crippen molar-refractivity contribution in [1.29, 1.82) is 0 Å². The summed E-state index contributed by atoms with van der Waals surface area (Å²) in [5, 5.41) is 14.7. The minimum absolute atomic E-state index is 0. The number of rotatable bonds is 4. The molecule has 0 aromatic heterocycles. The lowest BCUT2D eigenvalue weighted by Crippen LogP contribution is -2.36. The molecular weight excluding hydrogens is 308 g/mol. The second-order valence-corrected chi connectivity index (χ2v) is 5.64. The van der Waals surface area contributed by atoms with Gasteiger partial charge in [0.25, 0.3) is 0 Å². The molecule has 6 nitrogen and oxygen atoms in total. The summed E-state index contributed by atoms with van der Waals surface area (Å²) in [6.45, 7) is 5.94. The Morgan fingerprint density at radius 3 is 1.86 bits per heavy atom. The predicted octanol–water partition coefficient (Wildman–Crippen LogP) is 1.43. The molecule has 0 bridgehead atoms. The number of hydrogen-bond donors (Lipinski definition) is 3. The molecule has 3 N–H and O–H groups in total. The van der Waals surface area contributed by atoms with E-state index in [1.807, 2.05) is 6.92 Å². The molecule has 2 saturated heterocycles. The normalized spacial score (nSPS) is 30.0. The van der Waals surface area contributed by atoms with Crippen molar-refractivity contribution in [2.75, 3.05) is 20.2 Å². The molecule has 2 rings (SSSR count). The molecule has 2 heterocycles. The average Bonchev–Trinajstić information content (AvgIpc) is 3.14. The van der Waals surface area contributed by atoms with Gasteiger partial charge in [-0.05, 0) is 37.8 Å². The maximum absolute atomic E-state index is 11.1. The van der Waals surface area contributed by atoms with Crippen LogP contribution in [-0.4, -0.2) is 49.3 Å². The smallest absolute Gasteiger partial charge is 0.323 e. The number of carbonyl (C=O) groups is 2. The van der Waals surface area contributed by atoms with Crippen LogP contribution in [0.25, 0.3) is 0 Å². The first-order chi connectivity index (χ1) is 10.0. The topological polar surface area (TPSA) is 87.7 Å². The number of carboxylic acid groups (broad SMARTS) is 1. The summed E-state index contributed by atoms with van der Waals surface area (Å²) in [6, 6.07) is -0.338. The first-order valence-electron chi connectivity index (χ1n) is 7.82. The van der Waals surface area contributed by atoms with Crippen LogP contribution in [-0.2, 0) is 14.3 Å². The number of ether oxygens (including phenoxy) is 1. The highest BCUT2D eigenvalue weighted by molar-refractivity contribution is 5.85. The number of aliphatic carboxylic acids is 1. The van der Waals surface area contributed by atoms with Crippen LogP contribution in [0, 0.1) is 11.8 Å². The number of carbonyl (C=O) groups excluding carboxylic acids is 1. The summed E-state index contributed by atoms with van der Waals surface area (Å²) in [7, 11) is 1.44. The first-order valence-corrected chi connectivity index (χ1v) is 7.82. The van der Waals surface area contributed by atoms with Gasteiger partial charge in [0, 0.05) is 0 Å². The summed E-state index contributed by atoms with van der Waals surface area (Å²) >= 11 is 0. The highest BCUT2D eigenvalue weighted by Gasteiger charge is 2.32. The van der Waals surface area contributed by atoms with Crippen molar-refractivity contribution in [1.82, 2.24) is 10.6 Å². The average molecular weight is 337 g/mol. The summed E-state index contributed by atoms with van der Waals surface area (Å²) in [4.78, 5) is 21.6. The molecule has 2 aliphatic heterocycles. The van der Waals surface area contributed by atoms with Crippen molar-refractivity contribution in [2.45, 2.75) is 51.6 Å². The zero-order chi connectivity index (χ0) is 15.8. The summed E-state index contributed by atoms with van der Waals surface area (Å²) in [5.74, 6) is -0.00125. The molecule has 130 valence electrons. The Hall–Kier alpha value is -0.850. The van der Waals surface area contributed by atoms with Crippen molar-refractivity contribution >= 4 is 24.3 Å². The molecular formula is C15H29ClN2O4. The van der Waals surface area contributed by atoms with E-state index in [1.165, 1.54) is 7.11 Å². The Bertz CT molecular complexity index is 354. The van der Waals surface area contributed by atoms with Crippen LogP contribution in [0.3, 0.4) is 0 Å². The lowest BCUT2D eigenvalue weighted by Gasteiger charge is -2.14. The van der Waals surface area contributed by atoms with Crippen molar-refractivity contribution in [2.24, 2.45) is 11.8 Å². The predicted molar refractivity (Wildman–Crippen MR) is 87.3 cm³/mol. The molecule has 2 fully saturated rings. The van der Waals surface area contributed by atoms with E-state index in [0.29, 0.717) is 11.8 Å². The van der Waals surface area contributed by atoms with Crippen LogP contribution in [0.1, 0.15) is 39.5 Å². The van der Waals surface area contributed by atoms with Gasteiger partial charge in [0.05, 0.1) is 7.11 Å². The molecule has 0 aliphatic carbocycles. The van der Waals surface area contributed by atoms with Crippen molar-refractivity contribution < 1.29 is 19.4 Å². The van der Waals surface area contributed by atoms with Gasteiger partial charge in [-0.15, -0.1) is 12.4 Å². The molecule has 2 aliphatic rings. The van der Waals surface area contributed by atoms with E-state index in [2.05, 4.69) is 22.3 Å². The summed E-state index contributed by atoms with van der Waals surface area (Å²) in [5.41, 5.74) is 0. The van der Waals surface area contributed by atoms with E-state index in [9.17, 15) is 9.59 Å². The van der Waals surface area contributed by atoms with E-state index < -0.39 is 5.97 Å². The van der Waals surface area contributed by atoms with Crippen LogP contribution in [0.15, 0.2) is 0 Å². The molecule has 0 aromatic carbocycles. The highest BCUT2D eigenvalue weighted by Crippen LogP contribution is 2.19. The van der Waals surface area contributed by atoms with Gasteiger partial charge in [0.15, 0.2) is 0 Å². The molecule has 0 amide bonds. The van der Waals surface area contributed by atoms with Crippen LogP contribution < -0.4 is 10.6 Å². The third-order valence-corrected chi connectivity index (χ3v) is 4.47. The fourth-order valence-corrected chi connectivity index (χ4v) is 3.09. The second kappa shape index (κ2) is 10.8. The Morgan fingerprint density at radius 2 is 1.50 bits per heavy atom. The summed E-state index contributed by atoms with van der Waals surface area (Å²) in [6.07, 6.45) is 4.11. The monoisotopic (exact) mass is 336 g/mol. The van der Waals surface area contributed by atoms with E-state index >= 15 is 0 Å². The van der Waals surface area contributed by atoms with Crippen molar-refractivity contribution in [3.8, 4) is 0 Å². The Labute approximate surface area is 138 Å². The summed E-state index contributed by atoms with van der Waals surface area (Å²) < 4.78 is 4.66. The quantitative estimate of drug-likeness (QED) is 0.673. The van der Waals surface area contributed by atoms with Gasteiger partial charge < -0.3 is 20.5 Å². The van der Waals surface area contributed by atoms with Gasteiger partial charge in [0.1, 0.15) is 12.1 Å². The fraction of sp³-hybridized carbons (Fsp3) is 0.867. The third kappa shape index (κ3) is 5.74. The number of carboxylic acids is 1. The van der Waals surface area contributed by atoms with E-state index in [4.69, 9.17) is 5.11 Å². The van der Waals surface area contributed by atoms with Gasteiger partial charge in [0.2, 0.25) is 0 Å². The van der Waals surface area contributed by atoms with Crippen molar-refractivity contribution in [3.05, 3.63) is 0 Å². The minimum Gasteiger partial charge on any atom is -0.480 e. The van der Waals surface area contributed by atoms with Gasteiger partial charge >= 0.3 is 11.9 Å². The molecule has 4 atom stereocenters. The molecule has 7 heteroatoms.